The van der Waals surface area contributed by atoms with Crippen molar-refractivity contribution in [2.24, 2.45) is 0 Å². The van der Waals surface area contributed by atoms with Gasteiger partial charge in [-0.25, -0.2) is 8.78 Å². The van der Waals surface area contributed by atoms with Gasteiger partial charge in [-0.05, 0) is 24.0 Å². The Kier molecular flexibility index (Phi) is 2.53. The molecule has 2 aliphatic rings. The number of rotatable bonds is 3. The van der Waals surface area contributed by atoms with E-state index in [2.05, 4.69) is 5.32 Å². The number of nitrogens with one attached hydrogen (secondary N) is 1. The molecule has 3 rings (SSSR count). The van der Waals surface area contributed by atoms with E-state index in [1.54, 1.807) is 9.24 Å². The second-order valence-electron chi connectivity index (χ2n) is 5.18. The van der Waals surface area contributed by atoms with Crippen molar-refractivity contribution in [3.63, 3.8) is 0 Å². The minimum atomic E-state index is -2.69. The van der Waals surface area contributed by atoms with Crippen LogP contribution in [-0.2, 0) is 5.41 Å². The zero-order valence-corrected chi connectivity index (χ0v) is 10.7. The Labute approximate surface area is 102 Å². The van der Waals surface area contributed by atoms with E-state index in [1.807, 2.05) is 24.3 Å². The zero-order chi connectivity index (χ0) is 12.1. The average molecular weight is 255 g/mol. The van der Waals surface area contributed by atoms with Gasteiger partial charge in [0.1, 0.15) is 0 Å². The lowest BCUT2D eigenvalue weighted by Crippen LogP contribution is -2.39. The molecule has 1 aliphatic heterocycles. The van der Waals surface area contributed by atoms with Gasteiger partial charge in [-0.2, -0.15) is 0 Å². The van der Waals surface area contributed by atoms with Crippen LogP contribution in [0.2, 0.25) is 0 Å². The number of hydrogen-bond acceptors (Lipinski definition) is 1. The van der Waals surface area contributed by atoms with E-state index in [0.717, 1.165) is 18.7 Å². The Morgan fingerprint density at radius 2 is 1.76 bits per heavy atom. The fourth-order valence-corrected chi connectivity index (χ4v) is 2.99. The molecule has 0 amide bonds. The molecule has 1 saturated heterocycles. The van der Waals surface area contributed by atoms with Crippen molar-refractivity contribution < 1.29 is 8.78 Å². The molecule has 1 heterocycles. The van der Waals surface area contributed by atoms with Crippen molar-refractivity contribution in [2.45, 2.75) is 29.8 Å². The zero-order valence-electron chi connectivity index (χ0n) is 9.55. The maximum absolute atomic E-state index is 13.5. The van der Waals surface area contributed by atoms with E-state index in [-0.39, 0.29) is 0 Å². The van der Waals surface area contributed by atoms with E-state index in [9.17, 15) is 8.78 Å². The van der Waals surface area contributed by atoms with Crippen LogP contribution in [0.4, 0.5) is 8.78 Å². The first kappa shape index (κ1) is 11.6. The summed E-state index contributed by atoms with van der Waals surface area (Å²) in [6, 6.07) is 7.80. The predicted octanol–water partition coefficient (Wildman–Crippen LogP) is 2.87. The Bertz CT molecular complexity index is 416. The van der Waals surface area contributed by atoms with E-state index in [0.29, 0.717) is 18.8 Å². The summed E-state index contributed by atoms with van der Waals surface area (Å²) < 4.78 is 27.1. The Morgan fingerprint density at radius 3 is 2.12 bits per heavy atom. The first-order valence-corrected chi connectivity index (χ1v) is 6.58. The second-order valence-corrected chi connectivity index (χ2v) is 5.91. The summed E-state index contributed by atoms with van der Waals surface area (Å²) in [5.41, 5.74) is -1.55. The van der Waals surface area contributed by atoms with Crippen LogP contribution in [0.25, 0.3) is 0 Å². The third-order valence-electron chi connectivity index (χ3n) is 4.10. The highest BCUT2D eigenvalue weighted by atomic mass is 31.0. The molecule has 2 fully saturated rings. The van der Waals surface area contributed by atoms with Crippen molar-refractivity contribution in [1.29, 1.82) is 0 Å². The summed E-state index contributed by atoms with van der Waals surface area (Å²) >= 11 is 0. The summed E-state index contributed by atoms with van der Waals surface area (Å²) in [7, 11) is 1.70. The van der Waals surface area contributed by atoms with Crippen LogP contribution in [-0.4, -0.2) is 18.8 Å². The van der Waals surface area contributed by atoms with Crippen molar-refractivity contribution in [3.8, 4) is 0 Å². The number of alkyl halides is 2. The van der Waals surface area contributed by atoms with Gasteiger partial charge in [-0.15, -0.1) is 0 Å². The topological polar surface area (TPSA) is 12.0 Å². The number of benzene rings is 1. The highest BCUT2D eigenvalue weighted by Crippen LogP contribution is 2.60. The lowest BCUT2D eigenvalue weighted by atomic mass is 9.89. The molecule has 1 aliphatic carbocycles. The first-order valence-electron chi connectivity index (χ1n) is 6.01. The van der Waals surface area contributed by atoms with Crippen molar-refractivity contribution in [1.82, 2.24) is 5.32 Å². The van der Waals surface area contributed by atoms with Crippen molar-refractivity contribution in [3.05, 3.63) is 35.4 Å². The molecule has 0 aromatic heterocycles. The van der Waals surface area contributed by atoms with Crippen LogP contribution in [0.15, 0.2) is 24.3 Å². The van der Waals surface area contributed by atoms with E-state index < -0.39 is 11.1 Å². The second kappa shape index (κ2) is 3.73. The van der Waals surface area contributed by atoms with Crippen LogP contribution in [0.1, 0.15) is 29.9 Å². The monoisotopic (exact) mass is 255 g/mol. The third kappa shape index (κ3) is 1.80. The Hall–Kier alpha value is -0.530. The fourth-order valence-electron chi connectivity index (χ4n) is 2.54. The van der Waals surface area contributed by atoms with Gasteiger partial charge >= 0.3 is 0 Å². The maximum atomic E-state index is 13.5. The molecule has 1 unspecified atom stereocenters. The summed E-state index contributed by atoms with van der Waals surface area (Å²) in [5, 5.41) is 3.22. The molecule has 1 aromatic rings. The van der Waals surface area contributed by atoms with Crippen LogP contribution >= 0.6 is 9.24 Å². The molecule has 0 bridgehead atoms. The van der Waals surface area contributed by atoms with Crippen LogP contribution in [0, 0.1) is 0 Å². The highest BCUT2D eigenvalue weighted by molar-refractivity contribution is 7.18. The summed E-state index contributed by atoms with van der Waals surface area (Å²) in [6.45, 7) is 2.01. The SMILES string of the molecule is FC(F)(P)C1(c2ccc(C3CNC3)cc2)CC1. The molecule has 1 saturated carbocycles. The van der Waals surface area contributed by atoms with Gasteiger partial charge in [0.15, 0.2) is 0 Å². The fraction of sp³-hybridized carbons (Fsp3) is 0.538. The summed E-state index contributed by atoms with van der Waals surface area (Å²) in [5.74, 6) is 0.565. The van der Waals surface area contributed by atoms with Gasteiger partial charge < -0.3 is 5.32 Å². The van der Waals surface area contributed by atoms with Crippen molar-refractivity contribution >= 4 is 9.24 Å². The molecule has 0 spiro atoms. The maximum Gasteiger partial charge on any atom is 0.268 e. The van der Waals surface area contributed by atoms with Crippen molar-refractivity contribution in [2.75, 3.05) is 13.1 Å². The largest absolute Gasteiger partial charge is 0.315 e. The molecule has 1 aromatic carbocycles. The molecule has 1 atom stereocenters. The van der Waals surface area contributed by atoms with Crippen LogP contribution in [0.5, 0.6) is 0 Å². The van der Waals surface area contributed by atoms with Gasteiger partial charge in [-0.1, -0.05) is 33.5 Å². The van der Waals surface area contributed by atoms with Gasteiger partial charge in [0.25, 0.3) is 5.66 Å². The predicted molar refractivity (Wildman–Crippen MR) is 67.6 cm³/mol. The van der Waals surface area contributed by atoms with Crippen LogP contribution < -0.4 is 5.32 Å². The molecule has 0 radical (unpaired) electrons. The minimum Gasteiger partial charge on any atom is -0.315 e. The van der Waals surface area contributed by atoms with Crippen LogP contribution in [0.3, 0.4) is 0 Å². The van der Waals surface area contributed by atoms with E-state index >= 15 is 0 Å². The lowest BCUT2D eigenvalue weighted by Gasteiger charge is -2.28. The van der Waals surface area contributed by atoms with Gasteiger partial charge in [0.05, 0.1) is 5.41 Å². The molecule has 17 heavy (non-hydrogen) atoms. The molecule has 92 valence electrons. The molecular weight excluding hydrogens is 239 g/mol. The van der Waals surface area contributed by atoms with Gasteiger partial charge in [-0.3, -0.25) is 0 Å². The number of hydrogen-bond donors (Lipinski definition) is 1. The summed E-state index contributed by atoms with van der Waals surface area (Å²) in [4.78, 5) is 0. The first-order chi connectivity index (χ1) is 8.03. The third-order valence-corrected chi connectivity index (χ3v) is 4.66. The molecular formula is C13H16F2NP. The lowest BCUT2D eigenvalue weighted by molar-refractivity contribution is 0.0592. The normalized spacial score (nSPS) is 23.2. The highest BCUT2D eigenvalue weighted by Gasteiger charge is 2.60. The minimum absolute atomic E-state index is 0.565. The standard InChI is InChI=1S/C13H16F2NP/c14-13(15,17)12(5-6-12)11-3-1-9(2-4-11)10-7-16-8-10/h1-4,10,16H,5-8,17H2. The molecule has 4 heteroatoms. The van der Waals surface area contributed by atoms with E-state index in [1.165, 1.54) is 5.56 Å². The average Bonchev–Trinajstić information content (AvgIpc) is 2.95. The quantitative estimate of drug-likeness (QED) is 0.819. The number of halogens is 2. The smallest absolute Gasteiger partial charge is 0.268 e. The summed E-state index contributed by atoms with van der Waals surface area (Å²) in [6.07, 6.45) is 1.18. The molecule has 1 N–H and O–H groups in total. The Balaban J connectivity index is 1.85. The van der Waals surface area contributed by atoms with Gasteiger partial charge in [0.2, 0.25) is 0 Å². The molecule has 1 nitrogen and oxygen atoms in total. The van der Waals surface area contributed by atoms with E-state index in [4.69, 9.17) is 0 Å². The van der Waals surface area contributed by atoms with Gasteiger partial charge in [0, 0.05) is 19.0 Å². The Morgan fingerprint density at radius 1 is 1.18 bits per heavy atom.